The molecule has 4 heteroatoms. The highest BCUT2D eigenvalue weighted by molar-refractivity contribution is 5.85. The molecule has 1 amide bonds. The number of hydrogen-bond donors (Lipinski definition) is 2. The fraction of sp³-hybridized carbons (Fsp3) is 0.947. The number of amides is 1. The van der Waals surface area contributed by atoms with Crippen molar-refractivity contribution in [3.63, 3.8) is 0 Å². The van der Waals surface area contributed by atoms with Crippen molar-refractivity contribution in [3.8, 4) is 0 Å². The summed E-state index contributed by atoms with van der Waals surface area (Å²) < 4.78 is 0. The van der Waals surface area contributed by atoms with E-state index in [4.69, 9.17) is 5.73 Å². The molecule has 3 fully saturated rings. The van der Waals surface area contributed by atoms with E-state index in [1.807, 2.05) is 0 Å². The first-order valence-corrected chi connectivity index (χ1v) is 9.69. The molecule has 2 bridgehead atoms. The van der Waals surface area contributed by atoms with Gasteiger partial charge in [-0.3, -0.25) is 4.79 Å². The molecule has 3 aliphatic rings. The predicted octanol–water partition coefficient (Wildman–Crippen LogP) is 4.04. The van der Waals surface area contributed by atoms with E-state index < -0.39 is 0 Å². The van der Waals surface area contributed by atoms with Crippen LogP contribution in [0.4, 0.5) is 0 Å². The molecule has 0 spiro atoms. The van der Waals surface area contributed by atoms with Gasteiger partial charge in [0.1, 0.15) is 0 Å². The number of carbonyl (C=O) groups excluding carboxylic acids is 1. The first-order chi connectivity index (χ1) is 10.6. The largest absolute Gasteiger partial charge is 0.353 e. The van der Waals surface area contributed by atoms with Gasteiger partial charge in [-0.2, -0.15) is 0 Å². The summed E-state index contributed by atoms with van der Waals surface area (Å²) in [7, 11) is 0. The summed E-state index contributed by atoms with van der Waals surface area (Å²) in [4.78, 5) is 12.7. The maximum atomic E-state index is 12.7. The lowest BCUT2D eigenvalue weighted by Gasteiger charge is -2.45. The lowest BCUT2D eigenvalue weighted by atomic mass is 9.67. The minimum atomic E-state index is 0. The highest BCUT2D eigenvalue weighted by atomic mass is 35.5. The van der Waals surface area contributed by atoms with E-state index >= 15 is 0 Å². The molecular weight excluding hydrogens is 308 g/mol. The Kier molecular flexibility index (Phi) is 7.21. The van der Waals surface area contributed by atoms with Gasteiger partial charge in [-0.05, 0) is 49.9 Å². The zero-order valence-electron chi connectivity index (χ0n) is 14.6. The second kappa shape index (κ2) is 8.71. The van der Waals surface area contributed by atoms with Gasteiger partial charge >= 0.3 is 0 Å². The third-order valence-corrected chi connectivity index (χ3v) is 6.54. The number of fused-ring (bicyclic) bond motifs is 2. The third kappa shape index (κ3) is 4.85. The van der Waals surface area contributed by atoms with Crippen LogP contribution in [0.15, 0.2) is 0 Å². The highest BCUT2D eigenvalue weighted by Crippen LogP contribution is 2.40. The van der Waals surface area contributed by atoms with Crippen LogP contribution < -0.4 is 11.1 Å². The molecule has 3 nitrogen and oxygen atoms in total. The summed E-state index contributed by atoms with van der Waals surface area (Å²) in [6.07, 6.45) is 13.9. The molecule has 3 unspecified atom stereocenters. The van der Waals surface area contributed by atoms with Crippen LogP contribution in [0.3, 0.4) is 0 Å². The van der Waals surface area contributed by atoms with Crippen LogP contribution in [-0.4, -0.2) is 18.0 Å². The van der Waals surface area contributed by atoms with Crippen LogP contribution in [0.2, 0.25) is 0 Å². The van der Waals surface area contributed by atoms with Crippen LogP contribution >= 0.6 is 12.4 Å². The smallest absolute Gasteiger partial charge is 0.223 e. The maximum absolute atomic E-state index is 12.7. The van der Waals surface area contributed by atoms with E-state index in [0.29, 0.717) is 29.8 Å². The number of nitrogens with two attached hydrogens (primary N) is 1. The Morgan fingerprint density at radius 1 is 1.04 bits per heavy atom. The molecule has 134 valence electrons. The Labute approximate surface area is 147 Å². The minimum absolute atomic E-state index is 0. The van der Waals surface area contributed by atoms with Crippen LogP contribution in [0.5, 0.6) is 0 Å². The Bertz CT molecular complexity index is 370. The molecule has 3 aliphatic carbocycles. The van der Waals surface area contributed by atoms with Crippen molar-refractivity contribution in [1.82, 2.24) is 5.32 Å². The second-order valence-corrected chi connectivity index (χ2v) is 8.36. The molecule has 0 radical (unpaired) electrons. The van der Waals surface area contributed by atoms with Crippen molar-refractivity contribution in [2.24, 2.45) is 29.4 Å². The van der Waals surface area contributed by atoms with E-state index in [-0.39, 0.29) is 18.3 Å². The van der Waals surface area contributed by atoms with E-state index in [0.717, 1.165) is 25.2 Å². The highest BCUT2D eigenvalue weighted by Gasteiger charge is 2.40. The van der Waals surface area contributed by atoms with Gasteiger partial charge in [0.25, 0.3) is 0 Å². The van der Waals surface area contributed by atoms with Crippen molar-refractivity contribution in [1.29, 1.82) is 0 Å². The normalized spacial score (nSPS) is 35.9. The summed E-state index contributed by atoms with van der Waals surface area (Å²) in [5.41, 5.74) is 6.19. The van der Waals surface area contributed by atoms with Gasteiger partial charge in [0.05, 0.1) is 0 Å². The van der Waals surface area contributed by atoms with Crippen LogP contribution in [-0.2, 0) is 4.79 Å². The fourth-order valence-corrected chi connectivity index (χ4v) is 5.36. The van der Waals surface area contributed by atoms with Gasteiger partial charge in [0, 0.05) is 18.0 Å². The number of rotatable bonds is 4. The number of nitrogens with one attached hydrogen (secondary N) is 1. The maximum Gasteiger partial charge on any atom is 0.223 e. The Balaban J connectivity index is 0.00000192. The average Bonchev–Trinajstić information content (AvgIpc) is 2.49. The van der Waals surface area contributed by atoms with Gasteiger partial charge in [-0.15, -0.1) is 12.4 Å². The zero-order chi connectivity index (χ0) is 15.5. The van der Waals surface area contributed by atoms with E-state index in [1.54, 1.807) is 0 Å². The standard InChI is InChI=1S/C19H34N2O.ClH/c1-13(10-14-6-3-2-4-7-14)19(22)21-18-15-8-5-9-16(18)12-17(20)11-15;/h13-18H,2-12,20H2,1H3,(H,21,22);1H. The SMILES string of the molecule is CC(CC1CCCCC1)C(=O)NC1C2CCCC1CC(N)C2.Cl. The quantitative estimate of drug-likeness (QED) is 0.810. The summed E-state index contributed by atoms with van der Waals surface area (Å²) in [5, 5.41) is 3.44. The molecule has 0 aromatic rings. The molecule has 3 rings (SSSR count). The van der Waals surface area contributed by atoms with Crippen LogP contribution in [0, 0.1) is 23.7 Å². The molecule has 3 atom stereocenters. The fourth-order valence-electron chi connectivity index (χ4n) is 5.36. The van der Waals surface area contributed by atoms with E-state index in [2.05, 4.69) is 12.2 Å². The van der Waals surface area contributed by atoms with E-state index in [9.17, 15) is 4.79 Å². The molecular formula is C19H35ClN2O. The van der Waals surface area contributed by atoms with Gasteiger partial charge in [-0.1, -0.05) is 45.4 Å². The number of halogens is 1. The zero-order valence-corrected chi connectivity index (χ0v) is 15.5. The lowest BCUT2D eigenvalue weighted by molar-refractivity contribution is -0.127. The minimum Gasteiger partial charge on any atom is -0.353 e. The monoisotopic (exact) mass is 342 g/mol. The third-order valence-electron chi connectivity index (χ3n) is 6.54. The molecule has 0 aromatic carbocycles. The van der Waals surface area contributed by atoms with Crippen molar-refractivity contribution < 1.29 is 4.79 Å². The summed E-state index contributed by atoms with van der Waals surface area (Å²) >= 11 is 0. The topological polar surface area (TPSA) is 55.1 Å². The van der Waals surface area contributed by atoms with Crippen LogP contribution in [0.25, 0.3) is 0 Å². The second-order valence-electron chi connectivity index (χ2n) is 8.36. The summed E-state index contributed by atoms with van der Waals surface area (Å²) in [6, 6.07) is 0.776. The molecule has 0 saturated heterocycles. The van der Waals surface area contributed by atoms with E-state index in [1.165, 1.54) is 51.4 Å². The molecule has 0 aromatic heterocycles. The van der Waals surface area contributed by atoms with Gasteiger partial charge < -0.3 is 11.1 Å². The molecule has 3 N–H and O–H groups in total. The lowest BCUT2D eigenvalue weighted by Crippen LogP contribution is -2.54. The molecule has 23 heavy (non-hydrogen) atoms. The molecule has 0 aliphatic heterocycles. The summed E-state index contributed by atoms with van der Waals surface area (Å²) in [6.45, 7) is 2.13. The van der Waals surface area contributed by atoms with Gasteiger partial charge in [-0.25, -0.2) is 0 Å². The predicted molar refractivity (Wildman–Crippen MR) is 97.6 cm³/mol. The molecule has 3 saturated carbocycles. The summed E-state index contributed by atoms with van der Waals surface area (Å²) in [5.74, 6) is 2.54. The first kappa shape index (κ1) is 19.1. The number of carbonyl (C=O) groups is 1. The average molecular weight is 343 g/mol. The molecule has 0 heterocycles. The van der Waals surface area contributed by atoms with Crippen LogP contribution in [0.1, 0.15) is 77.6 Å². The van der Waals surface area contributed by atoms with Crippen molar-refractivity contribution in [2.45, 2.75) is 89.6 Å². The Morgan fingerprint density at radius 3 is 2.26 bits per heavy atom. The van der Waals surface area contributed by atoms with Crippen molar-refractivity contribution in [2.75, 3.05) is 0 Å². The first-order valence-electron chi connectivity index (χ1n) is 9.69. The number of hydrogen-bond acceptors (Lipinski definition) is 2. The van der Waals surface area contributed by atoms with Gasteiger partial charge in [0.15, 0.2) is 0 Å². The Morgan fingerprint density at radius 2 is 1.65 bits per heavy atom. The van der Waals surface area contributed by atoms with Crippen molar-refractivity contribution >= 4 is 18.3 Å². The van der Waals surface area contributed by atoms with Crippen molar-refractivity contribution in [3.05, 3.63) is 0 Å². The van der Waals surface area contributed by atoms with Gasteiger partial charge in [0.2, 0.25) is 5.91 Å². The Hall–Kier alpha value is -0.280.